The second-order valence-electron chi connectivity index (χ2n) is 5.06. The zero-order valence-electron chi connectivity index (χ0n) is 12.5. The third-order valence-electron chi connectivity index (χ3n) is 3.32. The molecule has 0 aliphatic carbocycles. The highest BCUT2D eigenvalue weighted by molar-refractivity contribution is 7.89. The summed E-state index contributed by atoms with van der Waals surface area (Å²) in [5.41, 5.74) is 0.821. The number of benzene rings is 1. The molecule has 0 heterocycles. The third-order valence-corrected chi connectivity index (χ3v) is 4.61. The van der Waals surface area contributed by atoms with E-state index in [4.69, 9.17) is 16.7 Å². The SMILES string of the molecule is CCCCCN(C)C(=O)c1cc(S(N)(=O)=O)cc(Cl)c1C. The molecule has 0 aliphatic heterocycles. The van der Waals surface area contributed by atoms with Gasteiger partial charge in [-0.25, -0.2) is 13.6 Å². The number of rotatable bonds is 6. The van der Waals surface area contributed by atoms with Crippen LogP contribution in [0, 0.1) is 6.92 Å². The van der Waals surface area contributed by atoms with Gasteiger partial charge < -0.3 is 4.90 Å². The van der Waals surface area contributed by atoms with E-state index in [0.29, 0.717) is 12.1 Å². The summed E-state index contributed by atoms with van der Waals surface area (Å²) in [6.07, 6.45) is 3.00. The first-order valence-corrected chi connectivity index (χ1v) is 8.69. The molecule has 1 rings (SSSR count). The predicted octanol–water partition coefficient (Wildman–Crippen LogP) is 2.56. The van der Waals surface area contributed by atoms with E-state index in [1.54, 1.807) is 18.9 Å². The van der Waals surface area contributed by atoms with Gasteiger partial charge in [0.15, 0.2) is 0 Å². The van der Waals surface area contributed by atoms with E-state index < -0.39 is 10.0 Å². The standard InChI is InChI=1S/C14H21ClN2O3S/c1-4-5-6-7-17(3)14(18)12-8-11(21(16,19)20)9-13(15)10(12)2/h8-9H,4-7H2,1-3H3,(H2,16,19,20). The lowest BCUT2D eigenvalue weighted by molar-refractivity contribution is 0.0791. The van der Waals surface area contributed by atoms with Crippen LogP contribution < -0.4 is 5.14 Å². The van der Waals surface area contributed by atoms with E-state index in [2.05, 4.69) is 6.92 Å². The maximum Gasteiger partial charge on any atom is 0.253 e. The molecule has 5 nitrogen and oxygen atoms in total. The molecule has 0 atom stereocenters. The zero-order chi connectivity index (χ0) is 16.2. The van der Waals surface area contributed by atoms with E-state index in [1.165, 1.54) is 12.1 Å². The van der Waals surface area contributed by atoms with Gasteiger partial charge in [-0.2, -0.15) is 0 Å². The maximum absolute atomic E-state index is 12.4. The lowest BCUT2D eigenvalue weighted by atomic mass is 10.1. The Kier molecular flexibility index (Phi) is 6.19. The van der Waals surface area contributed by atoms with E-state index in [0.717, 1.165) is 19.3 Å². The number of hydrogen-bond acceptors (Lipinski definition) is 3. The van der Waals surface area contributed by atoms with Crippen molar-refractivity contribution in [2.24, 2.45) is 5.14 Å². The molecule has 0 fully saturated rings. The van der Waals surface area contributed by atoms with Gasteiger partial charge in [-0.1, -0.05) is 31.4 Å². The number of nitrogens with zero attached hydrogens (tertiary/aromatic N) is 1. The van der Waals surface area contributed by atoms with Crippen LogP contribution in [-0.4, -0.2) is 32.8 Å². The van der Waals surface area contributed by atoms with Crippen molar-refractivity contribution in [1.82, 2.24) is 4.90 Å². The second-order valence-corrected chi connectivity index (χ2v) is 7.03. The minimum absolute atomic E-state index is 0.150. The van der Waals surface area contributed by atoms with Crippen LogP contribution in [0.5, 0.6) is 0 Å². The summed E-state index contributed by atoms with van der Waals surface area (Å²) in [5, 5.41) is 5.32. The number of primary sulfonamides is 1. The van der Waals surface area contributed by atoms with Gasteiger partial charge in [-0.15, -0.1) is 0 Å². The Labute approximate surface area is 131 Å². The minimum atomic E-state index is -3.90. The van der Waals surface area contributed by atoms with Gasteiger partial charge >= 0.3 is 0 Å². The molecule has 0 saturated carbocycles. The third kappa shape index (κ3) is 4.69. The number of carbonyl (C=O) groups is 1. The van der Waals surface area contributed by atoms with E-state index in [9.17, 15) is 13.2 Å². The molecule has 0 aliphatic rings. The number of sulfonamides is 1. The Balaban J connectivity index is 3.11. The largest absolute Gasteiger partial charge is 0.342 e. The number of carbonyl (C=O) groups excluding carboxylic acids is 1. The van der Waals surface area contributed by atoms with E-state index in [1.807, 2.05) is 0 Å². The van der Waals surface area contributed by atoms with E-state index in [-0.39, 0.29) is 21.4 Å². The highest BCUT2D eigenvalue weighted by Gasteiger charge is 2.20. The molecule has 21 heavy (non-hydrogen) atoms. The van der Waals surface area contributed by atoms with Crippen molar-refractivity contribution in [3.05, 3.63) is 28.3 Å². The van der Waals surface area contributed by atoms with Crippen molar-refractivity contribution in [2.75, 3.05) is 13.6 Å². The summed E-state index contributed by atoms with van der Waals surface area (Å²) < 4.78 is 22.9. The Bertz CT molecular complexity index is 629. The molecule has 0 radical (unpaired) electrons. The topological polar surface area (TPSA) is 80.5 Å². The molecule has 7 heteroatoms. The molecule has 1 aromatic rings. The number of halogens is 1. The summed E-state index contributed by atoms with van der Waals surface area (Å²) in [6.45, 7) is 4.38. The molecule has 2 N–H and O–H groups in total. The van der Waals surface area contributed by atoms with Gasteiger partial charge in [0.25, 0.3) is 5.91 Å². The quantitative estimate of drug-likeness (QED) is 0.813. The lowest BCUT2D eigenvalue weighted by Gasteiger charge is -2.19. The minimum Gasteiger partial charge on any atom is -0.342 e. The summed E-state index contributed by atoms with van der Waals surface area (Å²) in [6, 6.07) is 2.55. The molecule has 0 unspecified atom stereocenters. The average molecular weight is 333 g/mol. The van der Waals surface area contributed by atoms with Crippen LogP contribution in [0.1, 0.15) is 42.1 Å². The first-order valence-electron chi connectivity index (χ1n) is 6.77. The molecular formula is C14H21ClN2O3S. The zero-order valence-corrected chi connectivity index (χ0v) is 14.1. The van der Waals surface area contributed by atoms with Gasteiger partial charge in [0.1, 0.15) is 0 Å². The fourth-order valence-corrected chi connectivity index (χ4v) is 2.79. The fourth-order valence-electron chi connectivity index (χ4n) is 1.95. The summed E-state index contributed by atoms with van der Waals surface area (Å²) in [4.78, 5) is 13.8. The van der Waals surface area contributed by atoms with Crippen molar-refractivity contribution < 1.29 is 13.2 Å². The van der Waals surface area contributed by atoms with Crippen LogP contribution in [0.25, 0.3) is 0 Å². The van der Waals surface area contributed by atoms with Crippen LogP contribution in [0.3, 0.4) is 0 Å². The molecule has 118 valence electrons. The maximum atomic E-state index is 12.4. The molecule has 0 bridgehead atoms. The average Bonchev–Trinajstić information content (AvgIpc) is 2.39. The molecular weight excluding hydrogens is 312 g/mol. The van der Waals surface area contributed by atoms with Crippen molar-refractivity contribution >= 4 is 27.5 Å². The Morgan fingerprint density at radius 1 is 1.33 bits per heavy atom. The van der Waals surface area contributed by atoms with Crippen LogP contribution in [-0.2, 0) is 10.0 Å². The fraction of sp³-hybridized carbons (Fsp3) is 0.500. The first-order chi connectivity index (χ1) is 9.68. The van der Waals surface area contributed by atoms with Crippen LogP contribution in [0.15, 0.2) is 17.0 Å². The Hall–Kier alpha value is -1.11. The summed E-state index contributed by atoms with van der Waals surface area (Å²) in [7, 11) is -2.21. The summed E-state index contributed by atoms with van der Waals surface area (Å²) >= 11 is 6.01. The van der Waals surface area contributed by atoms with Gasteiger partial charge in [0.05, 0.1) is 4.90 Å². The highest BCUT2D eigenvalue weighted by Crippen LogP contribution is 2.24. The van der Waals surface area contributed by atoms with Gasteiger partial charge in [0, 0.05) is 24.2 Å². The van der Waals surface area contributed by atoms with Crippen molar-refractivity contribution in [1.29, 1.82) is 0 Å². The molecule has 0 saturated heterocycles. The molecule has 1 amide bonds. The Morgan fingerprint density at radius 3 is 2.48 bits per heavy atom. The van der Waals surface area contributed by atoms with Crippen LogP contribution in [0.2, 0.25) is 5.02 Å². The van der Waals surface area contributed by atoms with Gasteiger partial charge in [-0.05, 0) is 31.0 Å². The number of unbranched alkanes of at least 4 members (excludes halogenated alkanes) is 2. The summed E-state index contributed by atoms with van der Waals surface area (Å²) in [5.74, 6) is -0.254. The second kappa shape index (κ2) is 7.24. The van der Waals surface area contributed by atoms with Crippen LogP contribution in [0.4, 0.5) is 0 Å². The number of hydrogen-bond donors (Lipinski definition) is 1. The van der Waals surface area contributed by atoms with Gasteiger partial charge in [-0.3, -0.25) is 4.79 Å². The van der Waals surface area contributed by atoms with Crippen molar-refractivity contribution in [3.8, 4) is 0 Å². The normalized spacial score (nSPS) is 11.5. The monoisotopic (exact) mass is 332 g/mol. The predicted molar refractivity (Wildman–Crippen MR) is 84.0 cm³/mol. The number of nitrogens with two attached hydrogens (primary N) is 1. The molecule has 1 aromatic carbocycles. The lowest BCUT2D eigenvalue weighted by Crippen LogP contribution is -2.28. The van der Waals surface area contributed by atoms with Crippen molar-refractivity contribution in [3.63, 3.8) is 0 Å². The molecule has 0 spiro atoms. The molecule has 0 aromatic heterocycles. The first kappa shape index (κ1) is 17.9. The smallest absolute Gasteiger partial charge is 0.253 e. The van der Waals surface area contributed by atoms with Crippen LogP contribution >= 0.6 is 11.6 Å². The van der Waals surface area contributed by atoms with Gasteiger partial charge in [0.2, 0.25) is 10.0 Å². The highest BCUT2D eigenvalue weighted by atomic mass is 35.5. The number of amides is 1. The van der Waals surface area contributed by atoms with Crippen molar-refractivity contribution in [2.45, 2.75) is 38.0 Å². The van der Waals surface area contributed by atoms with E-state index >= 15 is 0 Å². The Morgan fingerprint density at radius 2 is 1.95 bits per heavy atom.